The minimum absolute atomic E-state index is 0.0423. The molecule has 0 bridgehead atoms. The van der Waals surface area contributed by atoms with Crippen LogP contribution in [-0.4, -0.2) is 15.7 Å². The van der Waals surface area contributed by atoms with Crippen molar-refractivity contribution in [2.45, 2.75) is 25.8 Å². The maximum atomic E-state index is 13.6. The third-order valence-corrected chi connectivity index (χ3v) is 4.00. The lowest BCUT2D eigenvalue weighted by molar-refractivity contribution is -0.122. The van der Waals surface area contributed by atoms with E-state index in [9.17, 15) is 9.18 Å². The van der Waals surface area contributed by atoms with Gasteiger partial charge in [0.05, 0.1) is 6.54 Å². The van der Waals surface area contributed by atoms with Crippen LogP contribution in [0, 0.1) is 11.7 Å². The quantitative estimate of drug-likeness (QED) is 0.940. The Morgan fingerprint density at radius 2 is 2.19 bits per heavy atom. The Labute approximate surface area is 126 Å². The first-order valence-electron chi connectivity index (χ1n) is 6.90. The molecule has 1 aromatic heterocycles. The molecule has 3 rings (SSSR count). The number of carbonyl (C=O) groups excluding carboxylic acids is 1. The molecule has 1 heterocycles. The van der Waals surface area contributed by atoms with Crippen LogP contribution in [0.15, 0.2) is 30.5 Å². The molecule has 1 amide bonds. The highest BCUT2D eigenvalue weighted by Crippen LogP contribution is 2.28. The van der Waals surface area contributed by atoms with Crippen molar-refractivity contribution < 1.29 is 9.18 Å². The van der Waals surface area contributed by atoms with Crippen LogP contribution in [-0.2, 0) is 11.3 Å². The molecule has 1 fully saturated rings. The van der Waals surface area contributed by atoms with E-state index in [1.54, 1.807) is 24.4 Å². The molecule has 6 heteroatoms. The highest BCUT2D eigenvalue weighted by molar-refractivity contribution is 6.33. The fourth-order valence-corrected chi connectivity index (χ4v) is 2.45. The van der Waals surface area contributed by atoms with Crippen molar-refractivity contribution in [3.05, 3.63) is 46.9 Å². The summed E-state index contributed by atoms with van der Waals surface area (Å²) in [7, 11) is 0. The van der Waals surface area contributed by atoms with E-state index in [0.717, 1.165) is 19.3 Å². The summed E-state index contributed by atoms with van der Waals surface area (Å²) in [5.41, 5.74) is 0.522. The van der Waals surface area contributed by atoms with Crippen molar-refractivity contribution in [3.63, 3.8) is 0 Å². The van der Waals surface area contributed by atoms with Gasteiger partial charge in [-0.25, -0.2) is 4.39 Å². The van der Waals surface area contributed by atoms with Crippen LogP contribution in [0.25, 0.3) is 0 Å². The maximum absolute atomic E-state index is 13.6. The maximum Gasteiger partial charge on any atom is 0.228 e. The molecule has 1 aromatic carbocycles. The Balaban J connectivity index is 1.72. The molecule has 1 aliphatic rings. The van der Waals surface area contributed by atoms with Crippen molar-refractivity contribution in [3.8, 4) is 0 Å². The van der Waals surface area contributed by atoms with Gasteiger partial charge >= 0.3 is 0 Å². The molecule has 110 valence electrons. The van der Waals surface area contributed by atoms with Gasteiger partial charge in [-0.05, 0) is 18.9 Å². The number of benzene rings is 1. The molecular formula is C15H15ClFN3O. The van der Waals surface area contributed by atoms with Crippen LogP contribution < -0.4 is 5.32 Å². The lowest BCUT2D eigenvalue weighted by atomic mass is 9.85. The van der Waals surface area contributed by atoms with E-state index in [2.05, 4.69) is 10.4 Å². The average Bonchev–Trinajstić information content (AvgIpc) is 2.70. The van der Waals surface area contributed by atoms with Gasteiger partial charge in [0.25, 0.3) is 0 Å². The summed E-state index contributed by atoms with van der Waals surface area (Å²) in [6.07, 6.45) is 4.51. The van der Waals surface area contributed by atoms with Crippen LogP contribution >= 0.6 is 11.6 Å². The van der Waals surface area contributed by atoms with Gasteiger partial charge in [-0.15, -0.1) is 0 Å². The van der Waals surface area contributed by atoms with E-state index < -0.39 is 0 Å². The number of aromatic nitrogens is 2. The molecule has 0 radical (unpaired) electrons. The lowest BCUT2D eigenvalue weighted by Crippen LogP contribution is -2.28. The molecule has 0 unspecified atom stereocenters. The number of hydrogen-bond acceptors (Lipinski definition) is 2. The van der Waals surface area contributed by atoms with Gasteiger partial charge in [-0.1, -0.05) is 36.2 Å². The van der Waals surface area contributed by atoms with Crippen molar-refractivity contribution in [1.29, 1.82) is 0 Å². The predicted molar refractivity (Wildman–Crippen MR) is 78.7 cm³/mol. The van der Waals surface area contributed by atoms with Gasteiger partial charge in [0, 0.05) is 17.7 Å². The van der Waals surface area contributed by atoms with Crippen molar-refractivity contribution in [2.75, 3.05) is 5.32 Å². The zero-order chi connectivity index (χ0) is 14.8. The lowest BCUT2D eigenvalue weighted by Gasteiger charge is -2.23. The topological polar surface area (TPSA) is 46.9 Å². The van der Waals surface area contributed by atoms with Gasteiger partial charge < -0.3 is 5.32 Å². The van der Waals surface area contributed by atoms with E-state index in [-0.39, 0.29) is 24.2 Å². The number of rotatable bonds is 4. The van der Waals surface area contributed by atoms with Gasteiger partial charge in [0.15, 0.2) is 5.82 Å². The summed E-state index contributed by atoms with van der Waals surface area (Å²) in [6, 6.07) is 6.50. The summed E-state index contributed by atoms with van der Waals surface area (Å²) in [6.45, 7) is 0.270. The highest BCUT2D eigenvalue weighted by atomic mass is 35.5. The Hall–Kier alpha value is -1.88. The summed E-state index contributed by atoms with van der Waals surface area (Å²) in [4.78, 5) is 11.9. The summed E-state index contributed by atoms with van der Waals surface area (Å²) in [5.74, 6) is 0.0751. The number of amides is 1. The van der Waals surface area contributed by atoms with Gasteiger partial charge in [-0.3, -0.25) is 9.48 Å². The standard InChI is InChI=1S/C15H15ClFN3O/c16-12-9-20(8-11-4-1-2-7-13(11)17)19-14(12)18-15(21)10-5-3-6-10/h1-2,4,7,9-10H,3,5-6,8H2,(H,18,19,21). The number of nitrogens with one attached hydrogen (secondary N) is 1. The third-order valence-electron chi connectivity index (χ3n) is 3.72. The SMILES string of the molecule is O=C(Nc1nn(Cc2ccccc2F)cc1Cl)C1CCC1. The van der Waals surface area contributed by atoms with Crippen molar-refractivity contribution in [1.82, 2.24) is 9.78 Å². The van der Waals surface area contributed by atoms with Crippen molar-refractivity contribution in [2.24, 2.45) is 5.92 Å². The molecule has 21 heavy (non-hydrogen) atoms. The van der Waals surface area contributed by atoms with E-state index in [0.29, 0.717) is 16.4 Å². The second-order valence-electron chi connectivity index (χ2n) is 5.23. The fraction of sp³-hybridized carbons (Fsp3) is 0.333. The average molecular weight is 308 g/mol. The number of halogens is 2. The highest BCUT2D eigenvalue weighted by Gasteiger charge is 2.26. The Morgan fingerprint density at radius 1 is 1.43 bits per heavy atom. The van der Waals surface area contributed by atoms with Crippen LogP contribution in [0.3, 0.4) is 0 Å². The summed E-state index contributed by atoms with van der Waals surface area (Å²) >= 11 is 6.07. The van der Waals surface area contributed by atoms with Crippen molar-refractivity contribution >= 4 is 23.3 Å². The molecule has 0 spiro atoms. The van der Waals surface area contributed by atoms with Crippen LogP contribution in [0.1, 0.15) is 24.8 Å². The van der Waals surface area contributed by atoms with Crippen LogP contribution in [0.4, 0.5) is 10.2 Å². The Bertz CT molecular complexity index is 667. The first-order valence-corrected chi connectivity index (χ1v) is 7.28. The minimum Gasteiger partial charge on any atom is -0.308 e. The van der Waals surface area contributed by atoms with E-state index in [4.69, 9.17) is 11.6 Å². The Morgan fingerprint density at radius 3 is 2.86 bits per heavy atom. The van der Waals surface area contributed by atoms with Gasteiger partial charge in [-0.2, -0.15) is 5.10 Å². The normalized spacial score (nSPS) is 14.8. The molecule has 0 aliphatic heterocycles. The molecule has 0 saturated heterocycles. The summed E-state index contributed by atoms with van der Waals surface area (Å²) < 4.78 is 15.1. The van der Waals surface area contributed by atoms with E-state index >= 15 is 0 Å². The Kier molecular flexibility index (Phi) is 3.92. The zero-order valence-electron chi connectivity index (χ0n) is 11.4. The van der Waals surface area contributed by atoms with Gasteiger partial charge in [0.2, 0.25) is 5.91 Å². The predicted octanol–water partition coefficient (Wildman–Crippen LogP) is 3.46. The smallest absolute Gasteiger partial charge is 0.228 e. The van der Waals surface area contributed by atoms with E-state index in [1.165, 1.54) is 10.7 Å². The molecule has 4 nitrogen and oxygen atoms in total. The minimum atomic E-state index is -0.288. The van der Waals surface area contributed by atoms with Crippen LogP contribution in [0.5, 0.6) is 0 Å². The van der Waals surface area contributed by atoms with Gasteiger partial charge in [0.1, 0.15) is 10.8 Å². The molecule has 1 N–H and O–H groups in total. The number of nitrogens with zero attached hydrogens (tertiary/aromatic N) is 2. The molecule has 1 aliphatic carbocycles. The molecule has 1 saturated carbocycles. The third kappa shape index (κ3) is 3.08. The molecular weight excluding hydrogens is 293 g/mol. The number of carbonyl (C=O) groups is 1. The largest absolute Gasteiger partial charge is 0.308 e. The van der Waals surface area contributed by atoms with E-state index in [1.807, 2.05) is 0 Å². The first-order chi connectivity index (χ1) is 10.1. The first kappa shape index (κ1) is 14.1. The second kappa shape index (κ2) is 5.85. The van der Waals surface area contributed by atoms with Crippen LogP contribution in [0.2, 0.25) is 5.02 Å². The fourth-order valence-electron chi connectivity index (χ4n) is 2.25. The number of hydrogen-bond donors (Lipinski definition) is 1. The zero-order valence-corrected chi connectivity index (χ0v) is 12.1. The molecule has 2 aromatic rings. The second-order valence-corrected chi connectivity index (χ2v) is 5.64. The number of anilines is 1. The summed E-state index contributed by atoms with van der Waals surface area (Å²) in [5, 5.41) is 7.31. The monoisotopic (exact) mass is 307 g/mol. The molecule has 0 atom stereocenters.